The topological polar surface area (TPSA) is 53.2 Å². The predicted molar refractivity (Wildman–Crippen MR) is 123 cm³/mol. The van der Waals surface area contributed by atoms with E-state index in [0.717, 1.165) is 57.3 Å². The quantitative estimate of drug-likeness (QED) is 0.578. The van der Waals surface area contributed by atoms with E-state index in [1.54, 1.807) is 0 Å². The summed E-state index contributed by atoms with van der Waals surface area (Å²) in [5.41, 5.74) is 5.37. The molecule has 0 spiro atoms. The fourth-order valence-corrected chi connectivity index (χ4v) is 5.03. The Balaban J connectivity index is 0.00000145. The zero-order chi connectivity index (χ0) is 21.4. The molecule has 4 atom stereocenters. The Labute approximate surface area is 178 Å². The van der Waals surface area contributed by atoms with Crippen molar-refractivity contribution in [2.45, 2.75) is 85.6 Å². The number of carbonyl (C=O) groups is 1. The van der Waals surface area contributed by atoms with Crippen molar-refractivity contribution in [3.63, 3.8) is 0 Å². The summed E-state index contributed by atoms with van der Waals surface area (Å²) in [5, 5.41) is 10.3. The second-order valence-electron chi connectivity index (χ2n) is 8.86. The Hall–Kier alpha value is -1.55. The first-order valence-electron chi connectivity index (χ1n) is 11.8. The molecule has 1 amide bonds. The van der Waals surface area contributed by atoms with Crippen LogP contribution in [-0.4, -0.2) is 25.0 Å². The molecule has 2 aliphatic heterocycles. The van der Waals surface area contributed by atoms with Crippen LogP contribution >= 0.6 is 0 Å². The van der Waals surface area contributed by atoms with Crippen molar-refractivity contribution in [2.75, 3.05) is 13.1 Å². The van der Waals surface area contributed by atoms with Crippen LogP contribution in [0.2, 0.25) is 0 Å². The maximum Gasteiger partial charge on any atom is 0.224 e. The van der Waals surface area contributed by atoms with Gasteiger partial charge in [0.2, 0.25) is 5.91 Å². The summed E-state index contributed by atoms with van der Waals surface area (Å²) in [7, 11) is 0. The van der Waals surface area contributed by atoms with Gasteiger partial charge in [-0.05, 0) is 82.7 Å². The zero-order valence-electron chi connectivity index (χ0n) is 19.4. The Morgan fingerprint density at radius 1 is 1.28 bits per heavy atom. The number of carbonyl (C=O) groups excluding carboxylic acids is 1. The van der Waals surface area contributed by atoms with Crippen LogP contribution in [0.4, 0.5) is 0 Å². The van der Waals surface area contributed by atoms with E-state index < -0.39 is 0 Å². The standard InChI is InChI=1S/C23H37N3O.C2H6/c1-5-20-19(13-21-16(3)8-9-17(4)25-21)11-15(2)12-22(20)26-23(27)18-7-6-10-24-14-18;1-2/h5,15,18-19,22,24-25H,4,6-14H2,1-3H3,(H,26,27);1-2H3/b20-5+;. The van der Waals surface area contributed by atoms with Crippen LogP contribution in [0, 0.1) is 17.8 Å². The van der Waals surface area contributed by atoms with Crippen molar-refractivity contribution in [3.8, 4) is 0 Å². The van der Waals surface area contributed by atoms with Crippen molar-refractivity contribution in [1.82, 2.24) is 16.0 Å². The van der Waals surface area contributed by atoms with Crippen molar-refractivity contribution < 1.29 is 4.79 Å². The van der Waals surface area contributed by atoms with Gasteiger partial charge in [-0.2, -0.15) is 0 Å². The van der Waals surface area contributed by atoms with E-state index in [-0.39, 0.29) is 17.9 Å². The fourth-order valence-electron chi connectivity index (χ4n) is 5.03. The molecule has 164 valence electrons. The summed E-state index contributed by atoms with van der Waals surface area (Å²) >= 11 is 0. The zero-order valence-corrected chi connectivity index (χ0v) is 19.4. The number of hydrogen-bond donors (Lipinski definition) is 3. The summed E-state index contributed by atoms with van der Waals surface area (Å²) < 4.78 is 0. The molecular weight excluding hydrogens is 358 g/mol. The average Bonchev–Trinajstić information content (AvgIpc) is 2.73. The molecule has 1 aliphatic carbocycles. The van der Waals surface area contributed by atoms with Crippen LogP contribution in [0.15, 0.2) is 35.2 Å². The largest absolute Gasteiger partial charge is 0.363 e. The minimum absolute atomic E-state index is 0.126. The van der Waals surface area contributed by atoms with Gasteiger partial charge in [-0.3, -0.25) is 4.79 Å². The lowest BCUT2D eigenvalue weighted by atomic mass is 9.73. The Bertz CT molecular complexity index is 628. The smallest absolute Gasteiger partial charge is 0.224 e. The SMILES string of the molecule is C=C1CCC(C)=C(CC2CC(C)CC(NC(=O)C3CCCNC3)/C2=C/C)N1.CC. The molecule has 0 aromatic carbocycles. The third kappa shape index (κ3) is 6.47. The minimum atomic E-state index is 0.126. The van der Waals surface area contributed by atoms with Gasteiger partial charge in [0.25, 0.3) is 0 Å². The van der Waals surface area contributed by atoms with E-state index in [2.05, 4.69) is 49.4 Å². The fraction of sp³-hybridized carbons (Fsp3) is 0.720. The highest BCUT2D eigenvalue weighted by atomic mass is 16.2. The van der Waals surface area contributed by atoms with E-state index in [9.17, 15) is 4.79 Å². The summed E-state index contributed by atoms with van der Waals surface area (Å²) in [4.78, 5) is 12.8. The first kappa shape index (κ1) is 23.7. The molecule has 0 aromatic heterocycles. The van der Waals surface area contributed by atoms with Crippen LogP contribution in [0.5, 0.6) is 0 Å². The Morgan fingerprint density at radius 2 is 2.03 bits per heavy atom. The lowest BCUT2D eigenvalue weighted by Gasteiger charge is -2.39. The van der Waals surface area contributed by atoms with Crippen molar-refractivity contribution in [3.05, 3.63) is 35.2 Å². The third-order valence-corrected chi connectivity index (χ3v) is 6.61. The molecule has 4 heteroatoms. The third-order valence-electron chi connectivity index (χ3n) is 6.61. The van der Waals surface area contributed by atoms with Gasteiger partial charge in [0.15, 0.2) is 0 Å². The van der Waals surface area contributed by atoms with E-state index in [4.69, 9.17) is 0 Å². The summed E-state index contributed by atoms with van der Waals surface area (Å²) in [6.45, 7) is 16.7. The molecule has 3 aliphatic rings. The highest BCUT2D eigenvalue weighted by Crippen LogP contribution is 2.38. The molecule has 1 saturated heterocycles. The summed E-state index contributed by atoms with van der Waals surface area (Å²) in [6, 6.07) is 0.186. The predicted octanol–water partition coefficient (Wildman–Crippen LogP) is 5.05. The second-order valence-corrected chi connectivity index (χ2v) is 8.86. The number of amides is 1. The van der Waals surface area contributed by atoms with Gasteiger partial charge in [-0.1, -0.05) is 39.0 Å². The van der Waals surface area contributed by atoms with Gasteiger partial charge in [-0.15, -0.1) is 0 Å². The van der Waals surface area contributed by atoms with Crippen molar-refractivity contribution in [2.24, 2.45) is 17.8 Å². The van der Waals surface area contributed by atoms with Gasteiger partial charge in [0.1, 0.15) is 0 Å². The summed E-state index contributed by atoms with van der Waals surface area (Å²) in [5.74, 6) is 1.48. The normalized spacial score (nSPS) is 31.6. The maximum absolute atomic E-state index is 12.8. The van der Waals surface area contributed by atoms with Crippen LogP contribution in [0.3, 0.4) is 0 Å². The molecule has 0 bridgehead atoms. The van der Waals surface area contributed by atoms with Crippen molar-refractivity contribution in [1.29, 1.82) is 0 Å². The van der Waals surface area contributed by atoms with Crippen LogP contribution in [-0.2, 0) is 4.79 Å². The average molecular weight is 402 g/mol. The molecule has 3 N–H and O–H groups in total. The Morgan fingerprint density at radius 3 is 2.69 bits per heavy atom. The highest BCUT2D eigenvalue weighted by Gasteiger charge is 2.34. The van der Waals surface area contributed by atoms with E-state index in [1.807, 2.05) is 13.8 Å². The number of nitrogens with one attached hydrogen (secondary N) is 3. The molecule has 2 heterocycles. The lowest BCUT2D eigenvalue weighted by molar-refractivity contribution is -0.126. The number of piperidine rings is 1. The first-order chi connectivity index (χ1) is 14.0. The molecule has 2 fully saturated rings. The maximum atomic E-state index is 12.8. The van der Waals surface area contributed by atoms with Crippen LogP contribution in [0.25, 0.3) is 0 Å². The first-order valence-corrected chi connectivity index (χ1v) is 11.8. The Kier molecular flexibility index (Phi) is 9.48. The number of rotatable bonds is 4. The lowest BCUT2D eigenvalue weighted by Crippen LogP contribution is -2.48. The van der Waals surface area contributed by atoms with Gasteiger partial charge >= 0.3 is 0 Å². The van der Waals surface area contributed by atoms with Gasteiger partial charge in [0.05, 0.1) is 12.0 Å². The van der Waals surface area contributed by atoms with E-state index in [0.29, 0.717) is 11.8 Å². The van der Waals surface area contributed by atoms with E-state index in [1.165, 1.54) is 23.3 Å². The molecule has 4 nitrogen and oxygen atoms in total. The monoisotopic (exact) mass is 401 g/mol. The molecule has 4 unspecified atom stereocenters. The molecule has 3 rings (SSSR count). The summed E-state index contributed by atoms with van der Waals surface area (Å²) in [6.07, 6.45) is 9.81. The number of hydrogen-bond acceptors (Lipinski definition) is 3. The number of allylic oxidation sites excluding steroid dienone is 4. The van der Waals surface area contributed by atoms with Gasteiger partial charge in [0, 0.05) is 17.9 Å². The van der Waals surface area contributed by atoms with E-state index >= 15 is 0 Å². The molecule has 0 radical (unpaired) electrons. The van der Waals surface area contributed by atoms with Crippen LogP contribution < -0.4 is 16.0 Å². The highest BCUT2D eigenvalue weighted by molar-refractivity contribution is 5.79. The van der Waals surface area contributed by atoms with Crippen molar-refractivity contribution >= 4 is 5.91 Å². The van der Waals surface area contributed by atoms with Gasteiger partial charge in [-0.25, -0.2) is 0 Å². The molecule has 0 aromatic rings. The minimum Gasteiger partial charge on any atom is -0.363 e. The van der Waals surface area contributed by atoms with Gasteiger partial charge < -0.3 is 16.0 Å². The molecular formula is C25H43N3O. The molecule has 29 heavy (non-hydrogen) atoms. The second kappa shape index (κ2) is 11.6. The van der Waals surface area contributed by atoms with Crippen LogP contribution in [0.1, 0.15) is 79.6 Å². The molecule has 1 saturated carbocycles.